The number of benzene rings is 1. The van der Waals surface area contributed by atoms with E-state index in [-0.39, 0.29) is 23.0 Å². The average molecular weight is 237 g/mol. The Hall–Kier alpha value is -1.75. The molecule has 0 radical (unpaired) electrons. The first-order valence-corrected chi connectivity index (χ1v) is 5.48. The van der Waals surface area contributed by atoms with Crippen molar-refractivity contribution in [3.8, 4) is 11.5 Å². The van der Waals surface area contributed by atoms with E-state index in [0.29, 0.717) is 19.5 Å². The zero-order chi connectivity index (χ0) is 12.6. The standard InChI is InChI=1S/C12H15NO4/c1-2-12(17)6-13(7-12)11(16)8-3-9(14)5-10(15)4-8/h3-5,14-15,17H,2,6-7H2,1H3. The maximum absolute atomic E-state index is 11.9. The van der Waals surface area contributed by atoms with Gasteiger partial charge in [0.05, 0.1) is 18.7 Å². The lowest BCUT2D eigenvalue weighted by Crippen LogP contribution is -2.63. The van der Waals surface area contributed by atoms with Crippen LogP contribution in [0.4, 0.5) is 0 Å². The van der Waals surface area contributed by atoms with Crippen LogP contribution in [0.3, 0.4) is 0 Å². The number of hydrogen-bond donors (Lipinski definition) is 3. The van der Waals surface area contributed by atoms with E-state index < -0.39 is 5.60 Å². The monoisotopic (exact) mass is 237 g/mol. The van der Waals surface area contributed by atoms with E-state index in [1.165, 1.54) is 17.0 Å². The highest BCUT2D eigenvalue weighted by Crippen LogP contribution is 2.28. The molecule has 17 heavy (non-hydrogen) atoms. The van der Waals surface area contributed by atoms with Crippen LogP contribution < -0.4 is 0 Å². The molecule has 0 spiro atoms. The number of likely N-dealkylation sites (tertiary alicyclic amines) is 1. The molecule has 3 N–H and O–H groups in total. The lowest BCUT2D eigenvalue weighted by atomic mass is 9.90. The summed E-state index contributed by atoms with van der Waals surface area (Å²) in [5, 5.41) is 28.4. The number of phenols is 2. The van der Waals surface area contributed by atoms with Gasteiger partial charge in [0.15, 0.2) is 0 Å². The highest BCUT2D eigenvalue weighted by molar-refractivity contribution is 5.95. The predicted molar refractivity (Wildman–Crippen MR) is 60.9 cm³/mol. The number of β-amino-alcohol motifs (C(OH)–C–C–N with tert-alkyl or cyclic N) is 1. The van der Waals surface area contributed by atoms with Crippen molar-refractivity contribution >= 4 is 5.91 Å². The van der Waals surface area contributed by atoms with Crippen molar-refractivity contribution in [3.05, 3.63) is 23.8 Å². The molecule has 0 aliphatic carbocycles. The molecule has 1 aromatic carbocycles. The Balaban J connectivity index is 2.11. The number of aromatic hydroxyl groups is 2. The summed E-state index contributed by atoms with van der Waals surface area (Å²) in [5.41, 5.74) is -0.560. The van der Waals surface area contributed by atoms with E-state index >= 15 is 0 Å². The quantitative estimate of drug-likeness (QED) is 0.707. The second-order valence-electron chi connectivity index (χ2n) is 4.48. The number of phenolic OH excluding ortho intramolecular Hbond substituents is 2. The number of rotatable bonds is 2. The third-order valence-electron chi connectivity index (χ3n) is 3.07. The highest BCUT2D eigenvalue weighted by atomic mass is 16.3. The third kappa shape index (κ3) is 2.19. The summed E-state index contributed by atoms with van der Waals surface area (Å²) in [6.07, 6.45) is 0.599. The van der Waals surface area contributed by atoms with Gasteiger partial charge in [-0.3, -0.25) is 4.79 Å². The fourth-order valence-electron chi connectivity index (χ4n) is 1.93. The molecule has 1 aliphatic heterocycles. The predicted octanol–water partition coefficient (Wildman–Crippen LogP) is 0.695. The smallest absolute Gasteiger partial charge is 0.254 e. The maximum Gasteiger partial charge on any atom is 0.254 e. The molecule has 0 bridgehead atoms. The fraction of sp³-hybridized carbons (Fsp3) is 0.417. The topological polar surface area (TPSA) is 81.0 Å². The summed E-state index contributed by atoms with van der Waals surface area (Å²) >= 11 is 0. The van der Waals surface area contributed by atoms with Crippen LogP contribution in [-0.4, -0.2) is 44.8 Å². The largest absolute Gasteiger partial charge is 0.508 e. The Bertz CT molecular complexity index is 432. The first-order valence-electron chi connectivity index (χ1n) is 5.48. The van der Waals surface area contributed by atoms with Gasteiger partial charge in [-0.1, -0.05) is 6.92 Å². The van der Waals surface area contributed by atoms with Gasteiger partial charge in [0, 0.05) is 11.6 Å². The molecule has 1 saturated heterocycles. The van der Waals surface area contributed by atoms with Crippen LogP contribution in [0.25, 0.3) is 0 Å². The lowest BCUT2D eigenvalue weighted by molar-refractivity contribution is -0.0826. The third-order valence-corrected chi connectivity index (χ3v) is 3.07. The number of aliphatic hydroxyl groups is 1. The minimum Gasteiger partial charge on any atom is -0.508 e. The Morgan fingerprint density at radius 1 is 1.29 bits per heavy atom. The second-order valence-corrected chi connectivity index (χ2v) is 4.48. The summed E-state index contributed by atoms with van der Waals surface area (Å²) in [4.78, 5) is 13.4. The van der Waals surface area contributed by atoms with E-state index in [1.807, 2.05) is 6.92 Å². The van der Waals surface area contributed by atoms with Gasteiger partial charge in [-0.05, 0) is 18.6 Å². The molecule has 92 valence electrons. The van der Waals surface area contributed by atoms with E-state index in [4.69, 9.17) is 0 Å². The molecule has 5 heteroatoms. The molecular formula is C12H15NO4. The number of amides is 1. The minimum atomic E-state index is -0.783. The highest BCUT2D eigenvalue weighted by Gasteiger charge is 2.42. The van der Waals surface area contributed by atoms with Crippen molar-refractivity contribution in [1.82, 2.24) is 4.90 Å². The van der Waals surface area contributed by atoms with E-state index in [1.54, 1.807) is 0 Å². The summed E-state index contributed by atoms with van der Waals surface area (Å²) in [7, 11) is 0. The van der Waals surface area contributed by atoms with Crippen molar-refractivity contribution in [2.75, 3.05) is 13.1 Å². The Kier molecular flexibility index (Phi) is 2.71. The molecule has 0 atom stereocenters. The number of nitrogens with zero attached hydrogens (tertiary/aromatic N) is 1. The molecule has 2 rings (SSSR count). The molecular weight excluding hydrogens is 222 g/mol. The van der Waals surface area contributed by atoms with Crippen LogP contribution in [-0.2, 0) is 0 Å². The molecule has 1 amide bonds. The number of hydrogen-bond acceptors (Lipinski definition) is 4. The van der Waals surface area contributed by atoms with Crippen LogP contribution in [0.15, 0.2) is 18.2 Å². The van der Waals surface area contributed by atoms with Crippen molar-refractivity contribution in [2.24, 2.45) is 0 Å². The van der Waals surface area contributed by atoms with Crippen LogP contribution in [0.2, 0.25) is 0 Å². The molecule has 1 fully saturated rings. The molecule has 1 aromatic rings. The molecule has 0 unspecified atom stereocenters. The zero-order valence-electron chi connectivity index (χ0n) is 9.55. The van der Waals surface area contributed by atoms with Crippen LogP contribution >= 0.6 is 0 Å². The maximum atomic E-state index is 11.9. The van der Waals surface area contributed by atoms with Crippen molar-refractivity contribution < 1.29 is 20.1 Å². The first-order chi connectivity index (χ1) is 7.93. The van der Waals surface area contributed by atoms with Crippen LogP contribution in [0.1, 0.15) is 23.7 Å². The molecule has 0 aromatic heterocycles. The molecule has 1 heterocycles. The summed E-state index contributed by atoms with van der Waals surface area (Å²) in [6.45, 7) is 2.44. The Morgan fingerprint density at radius 2 is 1.82 bits per heavy atom. The number of carbonyl (C=O) groups is 1. The van der Waals surface area contributed by atoms with Crippen LogP contribution in [0.5, 0.6) is 11.5 Å². The van der Waals surface area contributed by atoms with Gasteiger partial charge in [-0.15, -0.1) is 0 Å². The normalized spacial score (nSPS) is 17.6. The SMILES string of the molecule is CCC1(O)CN(C(=O)c2cc(O)cc(O)c2)C1. The van der Waals surface area contributed by atoms with Crippen LogP contribution in [0, 0.1) is 0 Å². The summed E-state index contributed by atoms with van der Waals surface area (Å²) < 4.78 is 0. The zero-order valence-corrected chi connectivity index (χ0v) is 9.55. The van der Waals surface area contributed by atoms with Gasteiger partial charge in [0.2, 0.25) is 0 Å². The van der Waals surface area contributed by atoms with Crippen molar-refractivity contribution in [2.45, 2.75) is 18.9 Å². The van der Waals surface area contributed by atoms with Gasteiger partial charge in [0.1, 0.15) is 11.5 Å². The van der Waals surface area contributed by atoms with Gasteiger partial charge in [-0.25, -0.2) is 0 Å². The average Bonchev–Trinajstić information content (AvgIpc) is 2.22. The van der Waals surface area contributed by atoms with E-state index in [9.17, 15) is 20.1 Å². The van der Waals surface area contributed by atoms with E-state index in [2.05, 4.69) is 0 Å². The van der Waals surface area contributed by atoms with Crippen molar-refractivity contribution in [1.29, 1.82) is 0 Å². The Labute approximate surface area is 98.9 Å². The fourth-order valence-corrected chi connectivity index (χ4v) is 1.93. The minimum absolute atomic E-state index is 0.153. The molecule has 1 aliphatic rings. The second kappa shape index (κ2) is 3.92. The number of carbonyl (C=O) groups excluding carboxylic acids is 1. The van der Waals surface area contributed by atoms with E-state index in [0.717, 1.165) is 6.07 Å². The molecule has 0 saturated carbocycles. The molecule has 5 nitrogen and oxygen atoms in total. The summed E-state index contributed by atoms with van der Waals surface area (Å²) in [6, 6.07) is 3.76. The Morgan fingerprint density at radius 3 is 2.29 bits per heavy atom. The van der Waals surface area contributed by atoms with Gasteiger partial charge < -0.3 is 20.2 Å². The lowest BCUT2D eigenvalue weighted by Gasteiger charge is -2.46. The van der Waals surface area contributed by atoms with Gasteiger partial charge in [-0.2, -0.15) is 0 Å². The van der Waals surface area contributed by atoms with Gasteiger partial charge >= 0.3 is 0 Å². The summed E-state index contributed by atoms with van der Waals surface area (Å²) in [5.74, 6) is -0.603. The van der Waals surface area contributed by atoms with Crippen molar-refractivity contribution in [3.63, 3.8) is 0 Å². The van der Waals surface area contributed by atoms with Gasteiger partial charge in [0.25, 0.3) is 5.91 Å². The first kappa shape index (κ1) is 11.7.